The Kier molecular flexibility index (Phi) is 8.55. The van der Waals surface area contributed by atoms with E-state index in [-0.39, 0.29) is 16.2 Å². The van der Waals surface area contributed by atoms with Crippen LogP contribution in [0, 0.1) is 13.8 Å². The molecule has 0 saturated heterocycles. The lowest BCUT2D eigenvalue weighted by atomic mass is 10.1. The second kappa shape index (κ2) is 11.2. The number of aryl methyl sites for hydroxylation is 2. The first-order valence-electron chi connectivity index (χ1n) is 10.8. The Balaban J connectivity index is 1.87. The minimum Gasteiger partial charge on any atom is -0.493 e. The molecule has 3 aromatic carbocycles. The quantitative estimate of drug-likeness (QED) is 0.386. The van der Waals surface area contributed by atoms with Crippen molar-refractivity contribution in [3.05, 3.63) is 83.4 Å². The molecule has 0 aliphatic rings. The molecule has 8 nitrogen and oxygen atoms in total. The average molecular weight is 520 g/mol. The standard InChI is InChI=1S/C25H29NO7S2/c1-18-5-10-22(11-6-18)34(27,28)26-21(15-20-9-14-24(31-3)25(16-20)32-4)17-33-35(29,30)23-12-7-19(2)8-13-23/h5-14,16,21,26H,15,17H2,1-4H3/t21-/m1/s1. The first-order valence-corrected chi connectivity index (χ1v) is 13.7. The van der Waals surface area contributed by atoms with Crippen molar-refractivity contribution in [3.63, 3.8) is 0 Å². The minimum absolute atomic E-state index is 0.00522. The molecule has 0 unspecified atom stereocenters. The summed E-state index contributed by atoms with van der Waals surface area (Å²) in [6.07, 6.45) is 0.148. The highest BCUT2D eigenvalue weighted by Gasteiger charge is 2.24. The third-order valence-electron chi connectivity index (χ3n) is 5.32. The molecule has 0 fully saturated rings. The topological polar surface area (TPSA) is 108 Å². The van der Waals surface area contributed by atoms with Crippen molar-refractivity contribution in [2.45, 2.75) is 36.1 Å². The molecular formula is C25H29NO7S2. The maximum absolute atomic E-state index is 13.0. The third kappa shape index (κ3) is 7.04. The van der Waals surface area contributed by atoms with Gasteiger partial charge in [0.25, 0.3) is 10.1 Å². The van der Waals surface area contributed by atoms with Crippen molar-refractivity contribution in [2.24, 2.45) is 0 Å². The molecule has 3 rings (SSSR count). The van der Waals surface area contributed by atoms with E-state index in [1.165, 1.54) is 38.5 Å². The zero-order valence-electron chi connectivity index (χ0n) is 20.0. The van der Waals surface area contributed by atoms with Crippen molar-refractivity contribution in [1.29, 1.82) is 0 Å². The van der Waals surface area contributed by atoms with E-state index in [9.17, 15) is 16.8 Å². The molecule has 1 N–H and O–H groups in total. The van der Waals surface area contributed by atoms with Crippen LogP contribution >= 0.6 is 0 Å². The third-order valence-corrected chi connectivity index (χ3v) is 8.15. The molecule has 1 atom stereocenters. The predicted octanol–water partition coefficient (Wildman–Crippen LogP) is 3.62. The number of methoxy groups -OCH3 is 2. The SMILES string of the molecule is COc1ccc(C[C@H](COS(=O)(=O)c2ccc(C)cc2)NS(=O)(=O)c2ccc(C)cc2)cc1OC. The summed E-state index contributed by atoms with van der Waals surface area (Å²) >= 11 is 0. The first kappa shape index (κ1) is 26.7. The van der Waals surface area contributed by atoms with Gasteiger partial charge in [0.1, 0.15) is 0 Å². The molecule has 0 radical (unpaired) electrons. The summed E-state index contributed by atoms with van der Waals surface area (Å²) in [5.41, 5.74) is 2.52. The van der Waals surface area contributed by atoms with Crippen molar-refractivity contribution in [1.82, 2.24) is 4.72 Å². The van der Waals surface area contributed by atoms with E-state index in [4.69, 9.17) is 13.7 Å². The summed E-state index contributed by atoms with van der Waals surface area (Å²) in [6, 6.07) is 16.9. The van der Waals surface area contributed by atoms with Gasteiger partial charge in [-0.25, -0.2) is 13.1 Å². The molecule has 3 aromatic rings. The van der Waals surface area contributed by atoms with Gasteiger partial charge in [0, 0.05) is 0 Å². The van der Waals surface area contributed by atoms with Crippen molar-refractivity contribution >= 4 is 20.1 Å². The lowest BCUT2D eigenvalue weighted by molar-refractivity contribution is 0.281. The normalized spacial score (nSPS) is 12.8. The highest BCUT2D eigenvalue weighted by molar-refractivity contribution is 7.89. The summed E-state index contributed by atoms with van der Waals surface area (Å²) in [7, 11) is -5.03. The largest absolute Gasteiger partial charge is 0.493 e. The number of benzene rings is 3. The Bertz CT molecular complexity index is 1350. The van der Waals surface area contributed by atoms with Crippen LogP contribution in [0.2, 0.25) is 0 Å². The van der Waals surface area contributed by atoms with Crippen LogP contribution in [0.5, 0.6) is 11.5 Å². The summed E-state index contributed by atoms with van der Waals surface area (Å²) in [5, 5.41) is 0. The van der Waals surface area contributed by atoms with Crippen LogP contribution in [0.1, 0.15) is 16.7 Å². The van der Waals surface area contributed by atoms with Gasteiger partial charge in [-0.15, -0.1) is 0 Å². The zero-order chi connectivity index (χ0) is 25.6. The fourth-order valence-electron chi connectivity index (χ4n) is 3.38. The molecule has 0 saturated carbocycles. The number of hydrogen-bond donors (Lipinski definition) is 1. The summed E-state index contributed by atoms with van der Waals surface area (Å²) in [5.74, 6) is 0.990. The molecular weight excluding hydrogens is 490 g/mol. The molecule has 0 aromatic heterocycles. The molecule has 0 spiro atoms. The van der Waals surface area contributed by atoms with E-state index in [0.717, 1.165) is 11.1 Å². The number of ether oxygens (including phenoxy) is 2. The molecule has 0 amide bonds. The summed E-state index contributed by atoms with van der Waals surface area (Å²) < 4.78 is 70.0. The monoisotopic (exact) mass is 519 g/mol. The summed E-state index contributed by atoms with van der Waals surface area (Å²) in [4.78, 5) is 0.0659. The van der Waals surface area contributed by atoms with Gasteiger partial charge in [-0.05, 0) is 62.2 Å². The average Bonchev–Trinajstić information content (AvgIpc) is 2.83. The van der Waals surface area contributed by atoms with Crippen LogP contribution in [0.4, 0.5) is 0 Å². The van der Waals surface area contributed by atoms with Crippen LogP contribution in [0.3, 0.4) is 0 Å². The lowest BCUT2D eigenvalue weighted by Gasteiger charge is -2.20. The molecule has 0 aliphatic heterocycles. The van der Waals surface area contributed by atoms with Gasteiger partial charge in [-0.2, -0.15) is 8.42 Å². The van der Waals surface area contributed by atoms with Crippen LogP contribution in [-0.4, -0.2) is 43.7 Å². The molecule has 10 heteroatoms. The maximum atomic E-state index is 13.0. The van der Waals surface area contributed by atoms with Crippen LogP contribution in [0.15, 0.2) is 76.5 Å². The Morgan fingerprint density at radius 2 is 1.29 bits per heavy atom. The number of nitrogens with one attached hydrogen (secondary N) is 1. The number of hydrogen-bond acceptors (Lipinski definition) is 7. The Morgan fingerprint density at radius 3 is 1.83 bits per heavy atom. The van der Waals surface area contributed by atoms with Gasteiger partial charge >= 0.3 is 0 Å². The Morgan fingerprint density at radius 1 is 0.743 bits per heavy atom. The fraction of sp³-hybridized carbons (Fsp3) is 0.280. The maximum Gasteiger partial charge on any atom is 0.297 e. The van der Waals surface area contributed by atoms with Gasteiger partial charge < -0.3 is 9.47 Å². The first-order chi connectivity index (χ1) is 16.5. The highest BCUT2D eigenvalue weighted by Crippen LogP contribution is 2.28. The van der Waals surface area contributed by atoms with Crippen molar-refractivity contribution in [2.75, 3.05) is 20.8 Å². The van der Waals surface area contributed by atoms with Gasteiger partial charge in [-0.3, -0.25) is 4.18 Å². The second-order valence-corrected chi connectivity index (χ2v) is 11.4. The van der Waals surface area contributed by atoms with Crippen LogP contribution in [0.25, 0.3) is 0 Å². The van der Waals surface area contributed by atoms with E-state index in [2.05, 4.69) is 4.72 Å². The highest BCUT2D eigenvalue weighted by atomic mass is 32.2. The van der Waals surface area contributed by atoms with E-state index < -0.39 is 32.8 Å². The number of rotatable bonds is 11. The van der Waals surface area contributed by atoms with Gasteiger partial charge in [-0.1, -0.05) is 41.5 Å². The lowest BCUT2D eigenvalue weighted by Crippen LogP contribution is -2.40. The minimum atomic E-state index is -4.09. The van der Waals surface area contributed by atoms with E-state index in [0.29, 0.717) is 17.1 Å². The summed E-state index contributed by atoms with van der Waals surface area (Å²) in [6.45, 7) is 3.29. The Hall–Kier alpha value is -2.92. The molecule has 188 valence electrons. The number of sulfonamides is 1. The van der Waals surface area contributed by atoms with E-state index >= 15 is 0 Å². The van der Waals surface area contributed by atoms with Crippen LogP contribution < -0.4 is 14.2 Å². The molecule has 0 aliphatic carbocycles. The van der Waals surface area contributed by atoms with Gasteiger partial charge in [0.2, 0.25) is 10.0 Å². The zero-order valence-corrected chi connectivity index (χ0v) is 21.6. The van der Waals surface area contributed by atoms with E-state index in [1.54, 1.807) is 42.5 Å². The van der Waals surface area contributed by atoms with E-state index in [1.807, 2.05) is 13.8 Å². The van der Waals surface area contributed by atoms with Gasteiger partial charge in [0.05, 0.1) is 36.7 Å². The van der Waals surface area contributed by atoms with Crippen molar-refractivity contribution in [3.8, 4) is 11.5 Å². The predicted molar refractivity (Wildman–Crippen MR) is 133 cm³/mol. The molecule has 0 bridgehead atoms. The smallest absolute Gasteiger partial charge is 0.297 e. The van der Waals surface area contributed by atoms with Crippen molar-refractivity contribution < 1.29 is 30.5 Å². The molecule has 35 heavy (non-hydrogen) atoms. The Labute approximate surface area is 207 Å². The van der Waals surface area contributed by atoms with Gasteiger partial charge in [0.15, 0.2) is 11.5 Å². The van der Waals surface area contributed by atoms with Crippen LogP contribution in [-0.2, 0) is 30.7 Å². The fourth-order valence-corrected chi connectivity index (χ4v) is 5.55. The molecule has 0 heterocycles. The second-order valence-electron chi connectivity index (χ2n) is 8.08.